The predicted molar refractivity (Wildman–Crippen MR) is 125 cm³/mol. The van der Waals surface area contributed by atoms with E-state index in [2.05, 4.69) is 13.8 Å². The quantitative estimate of drug-likeness (QED) is 0.344. The molecule has 1 saturated heterocycles. The van der Waals surface area contributed by atoms with Crippen LogP contribution in [0.4, 0.5) is 0 Å². The summed E-state index contributed by atoms with van der Waals surface area (Å²) in [4.78, 5) is 28.0. The zero-order valence-corrected chi connectivity index (χ0v) is 19.1. The Labute approximate surface area is 193 Å². The van der Waals surface area contributed by atoms with Crippen LogP contribution < -0.4 is 4.74 Å². The van der Waals surface area contributed by atoms with Gasteiger partial charge in [-0.25, -0.2) is 0 Å². The van der Waals surface area contributed by atoms with Crippen molar-refractivity contribution in [1.29, 1.82) is 0 Å². The molecule has 1 unspecified atom stereocenters. The van der Waals surface area contributed by atoms with Crippen molar-refractivity contribution in [2.45, 2.75) is 51.6 Å². The number of hydrogen-bond acceptors (Lipinski definition) is 4. The number of Topliss-reactive ketones (excluding diaryl/α,β-unsaturated/α-hetero) is 1. The number of benzene rings is 2. The first-order valence-electron chi connectivity index (χ1n) is 11.2. The number of amides is 1. The molecule has 0 spiro atoms. The van der Waals surface area contributed by atoms with Crippen LogP contribution >= 0.6 is 11.6 Å². The van der Waals surface area contributed by atoms with Crippen LogP contribution in [-0.2, 0) is 9.59 Å². The van der Waals surface area contributed by atoms with Crippen molar-refractivity contribution in [3.8, 4) is 5.75 Å². The smallest absolute Gasteiger partial charge is 0.295 e. The molecule has 2 aromatic rings. The molecule has 6 heteroatoms. The van der Waals surface area contributed by atoms with Crippen LogP contribution in [0.3, 0.4) is 0 Å². The third-order valence-electron chi connectivity index (χ3n) is 6.07. The Kier molecular flexibility index (Phi) is 6.56. The van der Waals surface area contributed by atoms with Crippen molar-refractivity contribution >= 4 is 29.1 Å². The first-order chi connectivity index (χ1) is 15.4. The number of aliphatic hydroxyl groups excluding tert-OH is 1. The Morgan fingerprint density at radius 1 is 1.12 bits per heavy atom. The third kappa shape index (κ3) is 4.40. The highest BCUT2D eigenvalue weighted by atomic mass is 35.5. The molecule has 1 aliphatic heterocycles. The molecule has 1 aliphatic carbocycles. The molecule has 1 amide bonds. The van der Waals surface area contributed by atoms with E-state index in [1.165, 1.54) is 0 Å². The summed E-state index contributed by atoms with van der Waals surface area (Å²) in [7, 11) is 0. The number of nitrogens with zero attached hydrogens (tertiary/aromatic N) is 1. The summed E-state index contributed by atoms with van der Waals surface area (Å²) in [5, 5.41) is 11.8. The lowest BCUT2D eigenvalue weighted by atomic mass is 9.94. The molecule has 0 bridgehead atoms. The second-order valence-corrected chi connectivity index (χ2v) is 9.37. The van der Waals surface area contributed by atoms with Crippen LogP contribution in [-0.4, -0.2) is 34.3 Å². The average Bonchev–Trinajstić information content (AvgIpc) is 3.39. The molecule has 32 heavy (non-hydrogen) atoms. The fraction of sp³-hybridized carbons (Fsp3) is 0.385. The molecule has 1 atom stereocenters. The van der Waals surface area contributed by atoms with Gasteiger partial charge in [0, 0.05) is 16.6 Å². The van der Waals surface area contributed by atoms with Gasteiger partial charge in [-0.15, -0.1) is 0 Å². The molecule has 5 nitrogen and oxygen atoms in total. The molecular weight excluding hydrogens is 426 g/mol. The summed E-state index contributed by atoms with van der Waals surface area (Å²) in [6.07, 6.45) is 3.76. The van der Waals surface area contributed by atoms with Gasteiger partial charge >= 0.3 is 0 Å². The summed E-state index contributed by atoms with van der Waals surface area (Å²) in [6, 6.07) is 13.5. The first-order valence-corrected chi connectivity index (χ1v) is 11.5. The van der Waals surface area contributed by atoms with Crippen LogP contribution in [0, 0.1) is 5.92 Å². The highest BCUT2D eigenvalue weighted by Crippen LogP contribution is 2.43. The second kappa shape index (κ2) is 9.37. The SMILES string of the molecule is CC(C)COc1cccc(/C(O)=C2/C(=O)C(=O)N(C3CCCC3)C2c2ccc(Cl)cc2)c1. The lowest BCUT2D eigenvalue weighted by Gasteiger charge is -2.30. The first kappa shape index (κ1) is 22.4. The Bertz CT molecular complexity index is 1040. The normalized spacial score (nSPS) is 21.0. The maximum atomic E-state index is 13.2. The van der Waals surface area contributed by atoms with Gasteiger partial charge in [-0.2, -0.15) is 0 Å². The van der Waals surface area contributed by atoms with Crippen molar-refractivity contribution in [2.24, 2.45) is 5.92 Å². The van der Waals surface area contributed by atoms with Gasteiger partial charge < -0.3 is 14.7 Å². The van der Waals surface area contributed by atoms with Gasteiger partial charge in [0.05, 0.1) is 18.2 Å². The van der Waals surface area contributed by atoms with Gasteiger partial charge in [0.1, 0.15) is 11.5 Å². The van der Waals surface area contributed by atoms with Crippen LogP contribution in [0.2, 0.25) is 5.02 Å². The van der Waals surface area contributed by atoms with E-state index in [1.807, 2.05) is 18.2 Å². The van der Waals surface area contributed by atoms with Gasteiger partial charge in [0.15, 0.2) is 0 Å². The van der Waals surface area contributed by atoms with Crippen molar-refractivity contribution in [1.82, 2.24) is 4.90 Å². The molecule has 1 N–H and O–H groups in total. The average molecular weight is 454 g/mol. The molecule has 1 saturated carbocycles. The topological polar surface area (TPSA) is 66.8 Å². The maximum Gasteiger partial charge on any atom is 0.295 e. The molecule has 2 fully saturated rings. The standard InChI is InChI=1S/C26H28ClNO4/c1-16(2)15-32-21-9-5-6-18(14-21)24(29)22-23(17-10-12-19(27)13-11-17)28(26(31)25(22)30)20-7-3-4-8-20/h5-6,9-14,16,20,23,29H,3-4,7-8,15H2,1-2H3/b24-22-. The lowest BCUT2D eigenvalue weighted by Crippen LogP contribution is -2.37. The largest absolute Gasteiger partial charge is 0.507 e. The Morgan fingerprint density at radius 3 is 2.47 bits per heavy atom. The molecule has 168 valence electrons. The zero-order valence-electron chi connectivity index (χ0n) is 18.4. The number of likely N-dealkylation sites (tertiary alicyclic amines) is 1. The Balaban J connectivity index is 1.80. The molecule has 0 aromatic heterocycles. The molecule has 2 aliphatic rings. The molecular formula is C26H28ClNO4. The van der Waals surface area contributed by atoms with E-state index in [-0.39, 0.29) is 17.4 Å². The van der Waals surface area contributed by atoms with E-state index in [0.717, 1.165) is 31.2 Å². The number of hydrogen-bond donors (Lipinski definition) is 1. The van der Waals surface area contributed by atoms with Crippen molar-refractivity contribution < 1.29 is 19.4 Å². The zero-order chi connectivity index (χ0) is 22.8. The minimum absolute atomic E-state index is 0.0156. The number of carbonyl (C=O) groups excluding carboxylic acids is 2. The number of rotatable bonds is 6. The summed E-state index contributed by atoms with van der Waals surface area (Å²) >= 11 is 6.08. The Morgan fingerprint density at radius 2 is 1.81 bits per heavy atom. The van der Waals surface area contributed by atoms with Gasteiger partial charge in [-0.3, -0.25) is 9.59 Å². The lowest BCUT2D eigenvalue weighted by molar-refractivity contribution is -0.141. The number of carbonyl (C=O) groups is 2. The van der Waals surface area contributed by atoms with Gasteiger partial charge in [0.2, 0.25) is 0 Å². The van der Waals surface area contributed by atoms with Crippen LogP contribution in [0.5, 0.6) is 5.75 Å². The van der Waals surface area contributed by atoms with Crippen molar-refractivity contribution in [3.63, 3.8) is 0 Å². The van der Waals surface area contributed by atoms with Gasteiger partial charge in [-0.05, 0) is 48.6 Å². The highest BCUT2D eigenvalue weighted by molar-refractivity contribution is 6.46. The fourth-order valence-corrected chi connectivity index (χ4v) is 4.66. The van der Waals surface area contributed by atoms with E-state index < -0.39 is 17.7 Å². The number of aliphatic hydroxyl groups is 1. The van der Waals surface area contributed by atoms with E-state index in [0.29, 0.717) is 28.9 Å². The highest BCUT2D eigenvalue weighted by Gasteiger charge is 2.49. The van der Waals surface area contributed by atoms with E-state index in [4.69, 9.17) is 16.3 Å². The number of ketones is 1. The predicted octanol–water partition coefficient (Wildman–Crippen LogP) is 5.74. The minimum Gasteiger partial charge on any atom is -0.507 e. The molecule has 1 heterocycles. The molecule has 4 rings (SSSR count). The van der Waals surface area contributed by atoms with Crippen molar-refractivity contribution in [3.05, 3.63) is 70.3 Å². The number of halogens is 1. The monoisotopic (exact) mass is 453 g/mol. The third-order valence-corrected chi connectivity index (χ3v) is 6.33. The second-order valence-electron chi connectivity index (χ2n) is 8.93. The van der Waals surface area contributed by atoms with E-state index >= 15 is 0 Å². The van der Waals surface area contributed by atoms with Gasteiger partial charge in [-0.1, -0.05) is 62.6 Å². The van der Waals surface area contributed by atoms with E-state index in [1.54, 1.807) is 35.2 Å². The van der Waals surface area contributed by atoms with Crippen LogP contribution in [0.25, 0.3) is 5.76 Å². The summed E-state index contributed by atoms with van der Waals surface area (Å²) in [5.41, 5.74) is 1.33. The number of ether oxygens (including phenoxy) is 1. The summed E-state index contributed by atoms with van der Waals surface area (Å²) in [5.74, 6) is -0.419. The van der Waals surface area contributed by atoms with E-state index in [9.17, 15) is 14.7 Å². The molecule has 2 aromatic carbocycles. The van der Waals surface area contributed by atoms with Gasteiger partial charge in [0.25, 0.3) is 11.7 Å². The van der Waals surface area contributed by atoms with Crippen LogP contribution in [0.1, 0.15) is 56.7 Å². The summed E-state index contributed by atoms with van der Waals surface area (Å²) in [6.45, 7) is 4.65. The minimum atomic E-state index is -0.650. The van der Waals surface area contributed by atoms with Crippen molar-refractivity contribution in [2.75, 3.05) is 6.61 Å². The molecule has 0 radical (unpaired) electrons. The Hall–Kier alpha value is -2.79. The summed E-state index contributed by atoms with van der Waals surface area (Å²) < 4.78 is 5.79. The maximum absolute atomic E-state index is 13.2. The van der Waals surface area contributed by atoms with Crippen LogP contribution in [0.15, 0.2) is 54.1 Å². The fourth-order valence-electron chi connectivity index (χ4n) is 4.53.